The minimum absolute atomic E-state index is 0.113. The molecule has 1 saturated heterocycles. The molecule has 3 rings (SSSR count). The van der Waals surface area contributed by atoms with E-state index < -0.39 is 54.0 Å². The van der Waals surface area contributed by atoms with E-state index in [1.54, 1.807) is 13.1 Å². The highest BCUT2D eigenvalue weighted by molar-refractivity contribution is 5.95. The molecule has 7 N–H and O–H groups in total. The highest BCUT2D eigenvalue weighted by Gasteiger charge is 2.39. The van der Waals surface area contributed by atoms with Crippen molar-refractivity contribution in [2.75, 3.05) is 6.54 Å². The Balaban J connectivity index is 1.85. The number of benzene rings is 1. The fraction of sp³-hybridized carbons (Fsp3) is 0.538. The fourth-order valence-corrected chi connectivity index (χ4v) is 4.64. The Morgan fingerprint density at radius 1 is 1.19 bits per heavy atom. The van der Waals surface area contributed by atoms with Crippen LogP contribution >= 0.6 is 0 Å². The van der Waals surface area contributed by atoms with Crippen LogP contribution < -0.4 is 16.4 Å². The number of likely N-dealkylation sites (tertiary alicyclic amines) is 1. The monoisotopic (exact) mass is 515 g/mol. The van der Waals surface area contributed by atoms with Gasteiger partial charge in [0, 0.05) is 30.1 Å². The first kappa shape index (κ1) is 28.1. The highest BCUT2D eigenvalue weighted by atomic mass is 16.4. The maximum absolute atomic E-state index is 13.4. The number of hydrogen-bond donors (Lipinski definition) is 6. The van der Waals surface area contributed by atoms with Gasteiger partial charge in [0.15, 0.2) is 0 Å². The van der Waals surface area contributed by atoms with Crippen molar-refractivity contribution in [1.29, 1.82) is 0 Å². The molecule has 37 heavy (non-hydrogen) atoms. The molecule has 11 heteroatoms. The number of aliphatic hydroxyl groups is 1. The van der Waals surface area contributed by atoms with Crippen LogP contribution in [0.15, 0.2) is 30.5 Å². The third kappa shape index (κ3) is 6.47. The van der Waals surface area contributed by atoms with Crippen molar-refractivity contribution in [2.24, 2.45) is 11.7 Å². The van der Waals surface area contributed by atoms with Crippen LogP contribution in [0.3, 0.4) is 0 Å². The summed E-state index contributed by atoms with van der Waals surface area (Å²) in [4.78, 5) is 55.8. The van der Waals surface area contributed by atoms with Crippen LogP contribution in [0.5, 0.6) is 0 Å². The Morgan fingerprint density at radius 2 is 1.89 bits per heavy atom. The summed E-state index contributed by atoms with van der Waals surface area (Å²) in [6.07, 6.45) is 2.29. The van der Waals surface area contributed by atoms with Crippen molar-refractivity contribution < 1.29 is 29.4 Å². The largest absolute Gasteiger partial charge is 0.480 e. The second-order valence-corrected chi connectivity index (χ2v) is 9.79. The predicted octanol–water partition coefficient (Wildman–Crippen LogP) is 0.510. The first-order chi connectivity index (χ1) is 17.5. The Hall–Kier alpha value is -3.44. The van der Waals surface area contributed by atoms with E-state index in [2.05, 4.69) is 15.6 Å². The highest BCUT2D eigenvalue weighted by Crippen LogP contribution is 2.22. The summed E-state index contributed by atoms with van der Waals surface area (Å²) in [6, 6.07) is 3.32. The van der Waals surface area contributed by atoms with Crippen LogP contribution in [0.2, 0.25) is 0 Å². The molecule has 6 atom stereocenters. The number of aromatic nitrogens is 1. The SMILES string of the molecule is CCC(C)C(NC(=O)C(Cc1c[nH]c2ccccc12)NC(=O)C1CCCN1C(=O)C(N)C(C)O)C(=O)O. The zero-order valence-corrected chi connectivity index (χ0v) is 21.4. The Labute approximate surface area is 215 Å². The van der Waals surface area contributed by atoms with Crippen molar-refractivity contribution in [3.63, 3.8) is 0 Å². The number of nitrogens with zero attached hydrogens (tertiary/aromatic N) is 1. The van der Waals surface area contributed by atoms with E-state index >= 15 is 0 Å². The fourth-order valence-electron chi connectivity index (χ4n) is 4.64. The van der Waals surface area contributed by atoms with Crippen LogP contribution in [0, 0.1) is 5.92 Å². The molecule has 3 amide bonds. The van der Waals surface area contributed by atoms with E-state index in [1.807, 2.05) is 31.2 Å². The van der Waals surface area contributed by atoms with Gasteiger partial charge in [0.25, 0.3) is 0 Å². The number of carbonyl (C=O) groups is 4. The molecule has 1 aromatic carbocycles. The molecule has 2 aromatic rings. The van der Waals surface area contributed by atoms with Crippen LogP contribution in [-0.2, 0) is 25.6 Å². The summed E-state index contributed by atoms with van der Waals surface area (Å²) >= 11 is 0. The van der Waals surface area contributed by atoms with Crippen molar-refractivity contribution in [3.05, 3.63) is 36.0 Å². The van der Waals surface area contributed by atoms with Crippen LogP contribution in [0.1, 0.15) is 45.6 Å². The molecular formula is C26H37N5O6. The number of hydrogen-bond acceptors (Lipinski definition) is 6. The number of H-pyrrole nitrogens is 1. The quantitative estimate of drug-likeness (QED) is 0.252. The van der Waals surface area contributed by atoms with Crippen molar-refractivity contribution in [3.8, 4) is 0 Å². The molecule has 0 spiro atoms. The second kappa shape index (κ2) is 12.2. The van der Waals surface area contributed by atoms with Crippen molar-refractivity contribution >= 4 is 34.6 Å². The lowest BCUT2D eigenvalue weighted by molar-refractivity contribution is -0.144. The van der Waals surface area contributed by atoms with Gasteiger partial charge in [-0.3, -0.25) is 14.4 Å². The molecule has 11 nitrogen and oxygen atoms in total. The van der Waals surface area contributed by atoms with Crippen molar-refractivity contribution in [2.45, 2.75) is 76.7 Å². The normalized spacial score (nSPS) is 19.6. The number of aliphatic hydroxyl groups excluding tert-OH is 1. The van der Waals surface area contributed by atoms with Gasteiger partial charge >= 0.3 is 5.97 Å². The molecule has 202 valence electrons. The van der Waals surface area contributed by atoms with Crippen LogP contribution in [0.4, 0.5) is 0 Å². The topological polar surface area (TPSA) is 178 Å². The summed E-state index contributed by atoms with van der Waals surface area (Å²) in [5, 5.41) is 25.6. The van der Waals surface area contributed by atoms with E-state index in [9.17, 15) is 29.4 Å². The molecule has 1 fully saturated rings. The Kier molecular flexibility index (Phi) is 9.28. The van der Waals surface area contributed by atoms with E-state index in [0.717, 1.165) is 16.5 Å². The van der Waals surface area contributed by atoms with Gasteiger partial charge in [0.2, 0.25) is 17.7 Å². The third-order valence-electron chi connectivity index (χ3n) is 7.15. The van der Waals surface area contributed by atoms with Gasteiger partial charge in [-0.05, 0) is 37.3 Å². The second-order valence-electron chi connectivity index (χ2n) is 9.79. The lowest BCUT2D eigenvalue weighted by Crippen LogP contribution is -2.58. The first-order valence-corrected chi connectivity index (χ1v) is 12.7. The minimum Gasteiger partial charge on any atom is -0.480 e. The number of aromatic amines is 1. The number of carbonyl (C=O) groups excluding carboxylic acids is 3. The van der Waals surface area contributed by atoms with Gasteiger partial charge in [-0.1, -0.05) is 38.5 Å². The standard InChI is InChI=1S/C26H37N5O6/c1-4-14(2)22(26(36)37)30-23(33)19(12-16-13-28-18-9-6-5-8-17(16)18)29-24(34)20-10-7-11-31(20)25(35)21(27)15(3)32/h5-6,8-9,13-15,19-22,28,32H,4,7,10-12,27H2,1-3H3,(H,29,34)(H,30,33)(H,36,37). The van der Waals surface area contributed by atoms with Gasteiger partial charge in [-0.15, -0.1) is 0 Å². The maximum atomic E-state index is 13.4. The molecule has 1 aliphatic heterocycles. The summed E-state index contributed by atoms with van der Waals surface area (Å²) < 4.78 is 0. The van der Waals surface area contributed by atoms with Crippen LogP contribution in [0.25, 0.3) is 10.9 Å². The number of carboxylic acid groups (broad SMARTS) is 1. The molecule has 1 aromatic heterocycles. The molecule has 0 radical (unpaired) electrons. The number of fused-ring (bicyclic) bond motifs is 1. The third-order valence-corrected chi connectivity index (χ3v) is 7.15. The summed E-state index contributed by atoms with van der Waals surface area (Å²) in [6.45, 7) is 5.29. The molecule has 1 aliphatic rings. The smallest absolute Gasteiger partial charge is 0.326 e. The Bertz CT molecular complexity index is 1130. The summed E-state index contributed by atoms with van der Waals surface area (Å²) in [7, 11) is 0. The lowest BCUT2D eigenvalue weighted by atomic mass is 9.98. The number of amides is 3. The van der Waals surface area contributed by atoms with Gasteiger partial charge < -0.3 is 36.5 Å². The van der Waals surface area contributed by atoms with Gasteiger partial charge in [-0.25, -0.2) is 4.79 Å². The molecule has 0 saturated carbocycles. The number of aliphatic carboxylic acids is 1. The van der Waals surface area contributed by atoms with Crippen LogP contribution in [-0.4, -0.2) is 80.6 Å². The molecule has 0 bridgehead atoms. The number of nitrogens with one attached hydrogen (secondary N) is 3. The number of carboxylic acids is 1. The minimum atomic E-state index is -1.16. The molecule has 2 heterocycles. The van der Waals surface area contributed by atoms with E-state index in [4.69, 9.17) is 5.73 Å². The Morgan fingerprint density at radius 3 is 2.54 bits per heavy atom. The van der Waals surface area contributed by atoms with Gasteiger partial charge in [0.1, 0.15) is 24.2 Å². The lowest BCUT2D eigenvalue weighted by Gasteiger charge is -2.29. The summed E-state index contributed by atoms with van der Waals surface area (Å²) in [5.41, 5.74) is 7.47. The zero-order chi connectivity index (χ0) is 27.3. The van der Waals surface area contributed by atoms with E-state index in [0.29, 0.717) is 25.8 Å². The van der Waals surface area contributed by atoms with Gasteiger partial charge in [0.05, 0.1) is 6.10 Å². The number of rotatable bonds is 11. The predicted molar refractivity (Wildman–Crippen MR) is 137 cm³/mol. The molecule has 6 unspecified atom stereocenters. The molecule has 0 aliphatic carbocycles. The molecular weight excluding hydrogens is 478 g/mol. The average Bonchev–Trinajstić information content (AvgIpc) is 3.52. The zero-order valence-electron chi connectivity index (χ0n) is 21.4. The number of nitrogens with two attached hydrogens (primary N) is 1. The van der Waals surface area contributed by atoms with E-state index in [1.165, 1.54) is 11.8 Å². The first-order valence-electron chi connectivity index (χ1n) is 12.7. The van der Waals surface area contributed by atoms with Crippen molar-refractivity contribution in [1.82, 2.24) is 20.5 Å². The average molecular weight is 516 g/mol. The van der Waals surface area contributed by atoms with Gasteiger partial charge in [-0.2, -0.15) is 0 Å². The van der Waals surface area contributed by atoms with E-state index in [-0.39, 0.29) is 12.3 Å². The number of para-hydroxylation sites is 1. The summed E-state index contributed by atoms with van der Waals surface area (Å²) in [5.74, 6) is -3.16. The maximum Gasteiger partial charge on any atom is 0.326 e.